The van der Waals surface area contributed by atoms with Crippen LogP contribution >= 0.6 is 0 Å². The van der Waals surface area contributed by atoms with Crippen LogP contribution in [0.1, 0.15) is 18.3 Å². The lowest BCUT2D eigenvalue weighted by Crippen LogP contribution is -2.27. The van der Waals surface area contributed by atoms with Gasteiger partial charge >= 0.3 is 0 Å². The third kappa shape index (κ3) is 4.42. The fourth-order valence-corrected chi connectivity index (χ4v) is 1.87. The SMILES string of the molecule is CCOc1ccc(CC(=O)NCCc2ncc[nH]2)cc1. The van der Waals surface area contributed by atoms with E-state index in [1.807, 2.05) is 31.2 Å². The molecule has 0 bridgehead atoms. The Balaban J connectivity index is 1.73. The Kier molecular flexibility index (Phi) is 5.17. The molecule has 0 radical (unpaired) electrons. The molecule has 5 nitrogen and oxygen atoms in total. The molecule has 0 saturated heterocycles. The molecule has 0 unspecified atom stereocenters. The van der Waals surface area contributed by atoms with E-state index in [9.17, 15) is 4.79 Å². The Hall–Kier alpha value is -2.30. The van der Waals surface area contributed by atoms with Crippen LogP contribution in [0.3, 0.4) is 0 Å². The number of ether oxygens (including phenoxy) is 1. The molecule has 2 rings (SSSR count). The first-order chi connectivity index (χ1) is 9.78. The Morgan fingerprint density at radius 1 is 1.35 bits per heavy atom. The molecule has 0 atom stereocenters. The molecule has 0 aliphatic heterocycles. The van der Waals surface area contributed by atoms with E-state index in [0.717, 1.165) is 17.1 Å². The molecule has 1 amide bonds. The zero-order valence-electron chi connectivity index (χ0n) is 11.6. The summed E-state index contributed by atoms with van der Waals surface area (Å²) in [7, 11) is 0. The second kappa shape index (κ2) is 7.33. The van der Waals surface area contributed by atoms with Crippen molar-refractivity contribution in [2.75, 3.05) is 13.2 Å². The van der Waals surface area contributed by atoms with E-state index in [4.69, 9.17) is 4.74 Å². The number of rotatable bonds is 7. The van der Waals surface area contributed by atoms with E-state index < -0.39 is 0 Å². The monoisotopic (exact) mass is 273 g/mol. The van der Waals surface area contributed by atoms with Crippen molar-refractivity contribution >= 4 is 5.91 Å². The molecule has 1 heterocycles. The molecule has 0 aliphatic carbocycles. The van der Waals surface area contributed by atoms with Crippen molar-refractivity contribution in [3.8, 4) is 5.75 Å². The van der Waals surface area contributed by atoms with Gasteiger partial charge in [0.1, 0.15) is 11.6 Å². The molecular formula is C15H19N3O2. The fourth-order valence-electron chi connectivity index (χ4n) is 1.87. The average molecular weight is 273 g/mol. The number of nitrogens with one attached hydrogen (secondary N) is 2. The highest BCUT2D eigenvalue weighted by atomic mass is 16.5. The number of H-pyrrole nitrogens is 1. The number of aromatic amines is 1. The zero-order valence-corrected chi connectivity index (χ0v) is 11.6. The lowest BCUT2D eigenvalue weighted by molar-refractivity contribution is -0.120. The van der Waals surface area contributed by atoms with Crippen molar-refractivity contribution in [1.82, 2.24) is 15.3 Å². The van der Waals surface area contributed by atoms with Crippen molar-refractivity contribution in [3.05, 3.63) is 48.0 Å². The van der Waals surface area contributed by atoms with Crippen molar-refractivity contribution < 1.29 is 9.53 Å². The Bertz CT molecular complexity index is 521. The second-order valence-corrected chi connectivity index (χ2v) is 4.39. The summed E-state index contributed by atoms with van der Waals surface area (Å²) in [5, 5.41) is 2.88. The molecular weight excluding hydrogens is 254 g/mol. The molecule has 0 spiro atoms. The maximum atomic E-state index is 11.8. The summed E-state index contributed by atoms with van der Waals surface area (Å²) < 4.78 is 5.36. The number of carbonyl (C=O) groups excluding carboxylic acids is 1. The molecule has 0 aliphatic rings. The third-order valence-electron chi connectivity index (χ3n) is 2.84. The molecule has 2 aromatic rings. The number of imidazole rings is 1. The van der Waals surface area contributed by atoms with Crippen LogP contribution in [-0.4, -0.2) is 29.0 Å². The number of hydrogen-bond acceptors (Lipinski definition) is 3. The van der Waals surface area contributed by atoms with E-state index in [1.54, 1.807) is 12.4 Å². The van der Waals surface area contributed by atoms with Gasteiger partial charge in [-0.1, -0.05) is 12.1 Å². The average Bonchev–Trinajstić information content (AvgIpc) is 2.94. The second-order valence-electron chi connectivity index (χ2n) is 4.39. The van der Waals surface area contributed by atoms with E-state index in [-0.39, 0.29) is 5.91 Å². The van der Waals surface area contributed by atoms with Gasteiger partial charge in [-0.15, -0.1) is 0 Å². The highest BCUT2D eigenvalue weighted by Crippen LogP contribution is 2.12. The maximum Gasteiger partial charge on any atom is 0.224 e. The number of nitrogens with zero attached hydrogens (tertiary/aromatic N) is 1. The van der Waals surface area contributed by atoms with Crippen LogP contribution in [0.15, 0.2) is 36.7 Å². The summed E-state index contributed by atoms with van der Waals surface area (Å²) in [6.45, 7) is 3.18. The molecule has 2 N–H and O–H groups in total. The minimum atomic E-state index is 0.0146. The van der Waals surface area contributed by atoms with Gasteiger partial charge in [0, 0.05) is 25.4 Å². The summed E-state index contributed by atoms with van der Waals surface area (Å²) in [5.74, 6) is 1.72. The van der Waals surface area contributed by atoms with Crippen LogP contribution in [0, 0.1) is 0 Å². The lowest BCUT2D eigenvalue weighted by atomic mass is 10.1. The summed E-state index contributed by atoms with van der Waals surface area (Å²) in [4.78, 5) is 18.9. The van der Waals surface area contributed by atoms with Crippen LogP contribution in [0.4, 0.5) is 0 Å². The molecule has 106 valence electrons. The molecule has 20 heavy (non-hydrogen) atoms. The minimum absolute atomic E-state index is 0.0146. The number of amides is 1. The summed E-state index contributed by atoms with van der Waals surface area (Å²) in [6.07, 6.45) is 4.57. The molecule has 1 aromatic carbocycles. The quantitative estimate of drug-likeness (QED) is 0.807. The van der Waals surface area contributed by atoms with Gasteiger partial charge < -0.3 is 15.0 Å². The van der Waals surface area contributed by atoms with Crippen LogP contribution < -0.4 is 10.1 Å². The normalized spacial score (nSPS) is 10.2. The molecule has 0 fully saturated rings. The first kappa shape index (κ1) is 14.1. The van der Waals surface area contributed by atoms with Gasteiger partial charge in [0.15, 0.2) is 0 Å². The molecule has 0 saturated carbocycles. The number of aromatic nitrogens is 2. The van der Waals surface area contributed by atoms with Crippen LogP contribution in [0.25, 0.3) is 0 Å². The summed E-state index contributed by atoms with van der Waals surface area (Å²) in [5.41, 5.74) is 0.976. The van der Waals surface area contributed by atoms with Crippen molar-refractivity contribution in [2.45, 2.75) is 19.8 Å². The predicted molar refractivity (Wildman–Crippen MR) is 76.6 cm³/mol. The highest BCUT2D eigenvalue weighted by Gasteiger charge is 2.04. The van der Waals surface area contributed by atoms with Crippen molar-refractivity contribution in [1.29, 1.82) is 0 Å². The van der Waals surface area contributed by atoms with Crippen LogP contribution in [0.2, 0.25) is 0 Å². The standard InChI is InChI=1S/C15H19N3O2/c1-2-20-13-5-3-12(4-6-13)11-15(19)18-8-7-14-16-9-10-17-14/h3-6,9-10H,2,7-8,11H2,1H3,(H,16,17)(H,18,19). The number of hydrogen-bond donors (Lipinski definition) is 2. The minimum Gasteiger partial charge on any atom is -0.494 e. The van der Waals surface area contributed by atoms with Crippen molar-refractivity contribution in [2.24, 2.45) is 0 Å². The lowest BCUT2D eigenvalue weighted by Gasteiger charge is -2.06. The van der Waals surface area contributed by atoms with Gasteiger partial charge in [0.25, 0.3) is 0 Å². The summed E-state index contributed by atoms with van der Waals surface area (Å²) >= 11 is 0. The first-order valence-corrected chi connectivity index (χ1v) is 6.74. The van der Waals surface area contributed by atoms with Gasteiger partial charge in [-0.3, -0.25) is 4.79 Å². The fraction of sp³-hybridized carbons (Fsp3) is 0.333. The van der Waals surface area contributed by atoms with E-state index in [0.29, 0.717) is 26.0 Å². The van der Waals surface area contributed by atoms with Gasteiger partial charge in [0.05, 0.1) is 13.0 Å². The predicted octanol–water partition coefficient (Wildman–Crippen LogP) is 1.71. The Labute approximate surface area is 118 Å². The molecule has 5 heteroatoms. The first-order valence-electron chi connectivity index (χ1n) is 6.74. The van der Waals surface area contributed by atoms with E-state index >= 15 is 0 Å². The van der Waals surface area contributed by atoms with Gasteiger partial charge in [-0.25, -0.2) is 4.98 Å². The zero-order chi connectivity index (χ0) is 14.2. The number of carbonyl (C=O) groups is 1. The Morgan fingerprint density at radius 3 is 2.80 bits per heavy atom. The number of benzene rings is 1. The topological polar surface area (TPSA) is 67.0 Å². The third-order valence-corrected chi connectivity index (χ3v) is 2.84. The van der Waals surface area contributed by atoms with Crippen LogP contribution in [-0.2, 0) is 17.6 Å². The van der Waals surface area contributed by atoms with E-state index in [2.05, 4.69) is 15.3 Å². The van der Waals surface area contributed by atoms with Gasteiger partial charge in [0.2, 0.25) is 5.91 Å². The summed E-state index contributed by atoms with van der Waals surface area (Å²) in [6, 6.07) is 7.60. The van der Waals surface area contributed by atoms with Crippen molar-refractivity contribution in [3.63, 3.8) is 0 Å². The van der Waals surface area contributed by atoms with Gasteiger partial charge in [-0.2, -0.15) is 0 Å². The Morgan fingerprint density at radius 2 is 2.15 bits per heavy atom. The van der Waals surface area contributed by atoms with Crippen LogP contribution in [0.5, 0.6) is 5.75 Å². The van der Waals surface area contributed by atoms with E-state index in [1.165, 1.54) is 0 Å². The smallest absolute Gasteiger partial charge is 0.224 e. The highest BCUT2D eigenvalue weighted by molar-refractivity contribution is 5.78. The molecule has 1 aromatic heterocycles. The maximum absolute atomic E-state index is 11.8. The largest absolute Gasteiger partial charge is 0.494 e. The van der Waals surface area contributed by atoms with Gasteiger partial charge in [-0.05, 0) is 24.6 Å².